The van der Waals surface area contributed by atoms with Gasteiger partial charge in [0.2, 0.25) is 11.8 Å². The van der Waals surface area contributed by atoms with Crippen molar-refractivity contribution in [3.8, 4) is 11.5 Å². The van der Waals surface area contributed by atoms with Crippen molar-refractivity contribution >= 4 is 17.4 Å². The molecule has 8 heteroatoms. The highest BCUT2D eigenvalue weighted by molar-refractivity contribution is 5.96. The lowest BCUT2D eigenvalue weighted by Gasteiger charge is -2.00. The number of allylic oxidation sites excluding steroid dienone is 1. The summed E-state index contributed by atoms with van der Waals surface area (Å²) in [4.78, 5) is 19.4. The highest BCUT2D eigenvalue weighted by atomic mass is 19.1. The van der Waals surface area contributed by atoms with Gasteiger partial charge in [-0.05, 0) is 25.1 Å². The van der Waals surface area contributed by atoms with Crippen molar-refractivity contribution in [2.75, 3.05) is 7.11 Å². The van der Waals surface area contributed by atoms with Crippen LogP contribution in [0.3, 0.4) is 0 Å². The first-order valence-electron chi connectivity index (χ1n) is 7.05. The van der Waals surface area contributed by atoms with Crippen LogP contribution in [0.4, 0.5) is 8.78 Å². The molecule has 1 aromatic heterocycles. The molecule has 1 aromatic carbocycles. The number of aliphatic imine (C=N–C) groups is 1. The fourth-order valence-electron chi connectivity index (χ4n) is 1.97. The average Bonchev–Trinajstić information content (AvgIpc) is 3.00. The highest BCUT2D eigenvalue weighted by Crippen LogP contribution is 2.30. The minimum atomic E-state index is -0.908. The Hall–Kier alpha value is -3.29. The quantitative estimate of drug-likeness (QED) is 0.663. The van der Waals surface area contributed by atoms with Gasteiger partial charge in [0.15, 0.2) is 11.5 Å². The maximum atomic E-state index is 13.9. The normalized spacial score (nSPS) is 12.2. The van der Waals surface area contributed by atoms with Crippen LogP contribution >= 0.6 is 0 Å². The summed E-state index contributed by atoms with van der Waals surface area (Å²) in [6.07, 6.45) is 2.70. The maximum absolute atomic E-state index is 13.9. The van der Waals surface area contributed by atoms with E-state index < -0.39 is 29.0 Å². The number of nitrogens with zero attached hydrogens (tertiary/aromatic N) is 2. The molecule has 0 aliphatic heterocycles. The fraction of sp³-hybridized carbons (Fsp3) is 0.118. The van der Waals surface area contributed by atoms with E-state index in [-0.39, 0.29) is 17.4 Å². The summed E-state index contributed by atoms with van der Waals surface area (Å²) in [7, 11) is 1.41. The molecule has 0 atom stereocenters. The first kappa shape index (κ1) is 18.1. The van der Waals surface area contributed by atoms with Crippen LogP contribution < -0.4 is 5.73 Å². The lowest BCUT2D eigenvalue weighted by atomic mass is 10.2. The Balaban J connectivity index is 2.58. The first-order valence-corrected chi connectivity index (χ1v) is 7.05. The van der Waals surface area contributed by atoms with Gasteiger partial charge in [0.05, 0.1) is 7.11 Å². The minimum absolute atomic E-state index is 0.0478. The second-order valence-corrected chi connectivity index (χ2v) is 4.85. The average molecular weight is 347 g/mol. The van der Waals surface area contributed by atoms with Gasteiger partial charge in [0.1, 0.15) is 17.2 Å². The van der Waals surface area contributed by atoms with Gasteiger partial charge in [0, 0.05) is 11.8 Å². The molecule has 0 bridgehead atoms. The number of nitrogens with two attached hydrogens (primary N) is 1. The number of oxazole rings is 1. The maximum Gasteiger partial charge on any atom is 0.271 e. The number of hydrogen-bond donors (Lipinski definition) is 1. The van der Waals surface area contributed by atoms with Crippen molar-refractivity contribution in [2.24, 2.45) is 10.7 Å². The predicted octanol–water partition coefficient (Wildman–Crippen LogP) is 3.31. The Labute approximate surface area is 142 Å². The van der Waals surface area contributed by atoms with Crippen molar-refractivity contribution < 1.29 is 22.7 Å². The Kier molecular flexibility index (Phi) is 5.43. The molecular weight excluding hydrogens is 332 g/mol. The van der Waals surface area contributed by atoms with Crippen LogP contribution in [0, 0.1) is 11.6 Å². The van der Waals surface area contributed by atoms with Crippen LogP contribution in [-0.4, -0.2) is 23.9 Å². The number of hydrogen-bond acceptors (Lipinski definition) is 5. The topological polar surface area (TPSA) is 90.7 Å². The molecule has 0 saturated heterocycles. The van der Waals surface area contributed by atoms with Crippen LogP contribution in [0.2, 0.25) is 0 Å². The fourth-order valence-corrected chi connectivity index (χ4v) is 1.97. The van der Waals surface area contributed by atoms with Crippen LogP contribution in [0.5, 0.6) is 0 Å². The molecule has 0 aliphatic rings. The number of benzene rings is 1. The Morgan fingerprint density at radius 3 is 2.56 bits per heavy atom. The summed E-state index contributed by atoms with van der Waals surface area (Å²) in [5.41, 5.74) is 4.87. The van der Waals surface area contributed by atoms with E-state index in [1.54, 1.807) is 6.92 Å². The molecule has 1 amide bonds. The van der Waals surface area contributed by atoms with Gasteiger partial charge in [-0.1, -0.05) is 12.6 Å². The van der Waals surface area contributed by atoms with Gasteiger partial charge in [-0.3, -0.25) is 4.79 Å². The summed E-state index contributed by atoms with van der Waals surface area (Å²) in [5.74, 6) is -2.89. The lowest BCUT2D eigenvalue weighted by molar-refractivity contribution is 0.0995. The van der Waals surface area contributed by atoms with Gasteiger partial charge in [-0.25, -0.2) is 18.8 Å². The van der Waals surface area contributed by atoms with Crippen LogP contribution in [-0.2, 0) is 4.74 Å². The van der Waals surface area contributed by atoms with E-state index in [1.165, 1.54) is 25.5 Å². The molecule has 0 spiro atoms. The van der Waals surface area contributed by atoms with Crippen LogP contribution in [0.1, 0.15) is 23.2 Å². The van der Waals surface area contributed by atoms with Crippen LogP contribution in [0.25, 0.3) is 17.0 Å². The molecule has 2 rings (SSSR count). The SMILES string of the molecule is C=CC(=NC=C(C)c1oc(-c2c(F)cccc2F)nc1C(N)=O)OC. The number of carbonyl (C=O) groups excluding carboxylic acids is 1. The number of rotatable bonds is 5. The monoisotopic (exact) mass is 347 g/mol. The summed E-state index contributed by atoms with van der Waals surface area (Å²) in [6.45, 7) is 5.08. The third kappa shape index (κ3) is 3.79. The summed E-state index contributed by atoms with van der Waals surface area (Å²) >= 11 is 0. The largest absolute Gasteiger partial charge is 0.481 e. The predicted molar refractivity (Wildman–Crippen MR) is 88.7 cm³/mol. The molecule has 0 radical (unpaired) electrons. The molecule has 0 unspecified atom stereocenters. The second-order valence-electron chi connectivity index (χ2n) is 4.85. The lowest BCUT2D eigenvalue weighted by Crippen LogP contribution is -2.13. The van der Waals surface area contributed by atoms with Gasteiger partial charge < -0.3 is 14.9 Å². The van der Waals surface area contributed by atoms with E-state index in [4.69, 9.17) is 14.9 Å². The molecule has 0 aliphatic carbocycles. The van der Waals surface area contributed by atoms with Crippen molar-refractivity contribution in [3.63, 3.8) is 0 Å². The van der Waals surface area contributed by atoms with E-state index in [0.717, 1.165) is 12.1 Å². The zero-order valence-corrected chi connectivity index (χ0v) is 13.5. The van der Waals surface area contributed by atoms with Crippen molar-refractivity contribution in [2.45, 2.75) is 6.92 Å². The number of ether oxygens (including phenoxy) is 1. The molecule has 130 valence electrons. The highest BCUT2D eigenvalue weighted by Gasteiger charge is 2.23. The Morgan fingerprint density at radius 1 is 1.40 bits per heavy atom. The summed E-state index contributed by atoms with van der Waals surface area (Å²) in [5, 5.41) is 0. The molecule has 2 N–H and O–H groups in total. The molecule has 0 saturated carbocycles. The zero-order valence-electron chi connectivity index (χ0n) is 13.5. The van der Waals surface area contributed by atoms with E-state index in [1.807, 2.05) is 0 Å². The number of amides is 1. The number of primary amides is 1. The Bertz CT molecular complexity index is 865. The van der Waals surface area contributed by atoms with E-state index in [9.17, 15) is 13.6 Å². The first-order chi connectivity index (χ1) is 11.9. The Morgan fingerprint density at radius 2 is 2.04 bits per heavy atom. The standard InChI is InChI=1S/C17H15F2N3O3/c1-4-12(24-3)21-8-9(2)15-14(16(20)23)22-17(25-15)13-10(18)6-5-7-11(13)19/h4-8H,1H2,2-3H3,(H2,20,23). The van der Waals surface area contributed by atoms with Crippen molar-refractivity contribution in [3.05, 3.63) is 60.1 Å². The van der Waals surface area contributed by atoms with Crippen molar-refractivity contribution in [1.29, 1.82) is 0 Å². The number of aromatic nitrogens is 1. The molecular formula is C17H15F2N3O3. The second kappa shape index (κ2) is 7.52. The van der Waals surface area contributed by atoms with Gasteiger partial charge in [-0.2, -0.15) is 0 Å². The smallest absolute Gasteiger partial charge is 0.271 e. The molecule has 2 aromatic rings. The van der Waals surface area contributed by atoms with E-state index in [2.05, 4.69) is 16.6 Å². The summed E-state index contributed by atoms with van der Waals surface area (Å²) in [6, 6.07) is 3.30. The van der Waals surface area contributed by atoms with Crippen LogP contribution in [0.15, 0.2) is 46.5 Å². The van der Waals surface area contributed by atoms with Crippen molar-refractivity contribution in [1.82, 2.24) is 4.98 Å². The molecule has 6 nitrogen and oxygen atoms in total. The van der Waals surface area contributed by atoms with Gasteiger partial charge in [-0.15, -0.1) is 0 Å². The molecule has 25 heavy (non-hydrogen) atoms. The number of halogens is 2. The molecule has 0 fully saturated rings. The van der Waals surface area contributed by atoms with E-state index >= 15 is 0 Å². The summed E-state index contributed by atoms with van der Waals surface area (Å²) < 4.78 is 38.1. The van der Waals surface area contributed by atoms with Gasteiger partial charge in [0.25, 0.3) is 5.91 Å². The zero-order chi connectivity index (χ0) is 18.6. The third-order valence-electron chi connectivity index (χ3n) is 3.16. The molecule has 1 heterocycles. The van der Waals surface area contributed by atoms with E-state index in [0.29, 0.717) is 5.57 Å². The number of methoxy groups -OCH3 is 1. The minimum Gasteiger partial charge on any atom is -0.481 e. The van der Waals surface area contributed by atoms with Gasteiger partial charge >= 0.3 is 0 Å². The third-order valence-corrected chi connectivity index (χ3v) is 3.16. The number of carbonyl (C=O) groups is 1.